The largest absolute Gasteiger partial charge is 0.382 e. The fourth-order valence-electron chi connectivity index (χ4n) is 1.79. The van der Waals surface area contributed by atoms with Crippen LogP contribution >= 0.6 is 0 Å². The van der Waals surface area contributed by atoms with Gasteiger partial charge >= 0.3 is 0 Å². The molecule has 1 atom stereocenters. The molecule has 2 N–H and O–H groups in total. The Morgan fingerprint density at radius 3 is 3.15 bits per heavy atom. The maximum atomic E-state index is 5.85. The number of hydrogen-bond donors (Lipinski definition) is 1. The molecule has 1 aliphatic rings. The Morgan fingerprint density at radius 1 is 1.62 bits per heavy atom. The van der Waals surface area contributed by atoms with Gasteiger partial charge in [-0.2, -0.15) is 0 Å². The van der Waals surface area contributed by atoms with Crippen molar-refractivity contribution in [3.05, 3.63) is 11.6 Å². The fraction of sp³-hybridized carbons (Fsp3) is 0.818. The van der Waals surface area contributed by atoms with Crippen LogP contribution in [-0.4, -0.2) is 19.3 Å². The summed E-state index contributed by atoms with van der Waals surface area (Å²) in [4.78, 5) is 0. The number of hydrogen-bond acceptors (Lipinski definition) is 2. The lowest BCUT2D eigenvalue weighted by Gasteiger charge is -2.17. The highest BCUT2D eigenvalue weighted by molar-refractivity contribution is 5.09. The predicted octanol–water partition coefficient (Wildman–Crippen LogP) is 2.24. The maximum absolute atomic E-state index is 5.85. The smallest absolute Gasteiger partial charge is 0.0468 e. The van der Waals surface area contributed by atoms with Crippen molar-refractivity contribution in [3.8, 4) is 0 Å². The maximum Gasteiger partial charge on any atom is 0.0468 e. The molecule has 1 rings (SSSR count). The lowest BCUT2D eigenvalue weighted by atomic mass is 9.93. The zero-order chi connectivity index (χ0) is 9.52. The molecule has 0 saturated carbocycles. The average Bonchev–Trinajstić information content (AvgIpc) is 2.13. The van der Waals surface area contributed by atoms with Crippen LogP contribution < -0.4 is 5.73 Å². The van der Waals surface area contributed by atoms with E-state index in [1.54, 1.807) is 5.57 Å². The van der Waals surface area contributed by atoms with E-state index < -0.39 is 0 Å². The third-order valence-corrected chi connectivity index (χ3v) is 2.48. The lowest BCUT2D eigenvalue weighted by molar-refractivity contribution is 0.145. The van der Waals surface area contributed by atoms with E-state index in [1.807, 2.05) is 6.92 Å². The van der Waals surface area contributed by atoms with Gasteiger partial charge in [-0.05, 0) is 39.0 Å². The average molecular weight is 183 g/mol. The Kier molecular flexibility index (Phi) is 5.09. The minimum atomic E-state index is 0.316. The highest BCUT2D eigenvalue weighted by atomic mass is 16.5. The van der Waals surface area contributed by atoms with Crippen molar-refractivity contribution in [3.63, 3.8) is 0 Å². The van der Waals surface area contributed by atoms with Crippen molar-refractivity contribution < 1.29 is 4.74 Å². The van der Waals surface area contributed by atoms with Crippen LogP contribution in [0.25, 0.3) is 0 Å². The number of ether oxygens (including phenoxy) is 1. The van der Waals surface area contributed by atoms with Crippen molar-refractivity contribution in [1.29, 1.82) is 0 Å². The summed E-state index contributed by atoms with van der Waals surface area (Å²) in [6.45, 7) is 3.76. The second-order valence-electron chi connectivity index (χ2n) is 3.68. The first-order valence-corrected chi connectivity index (χ1v) is 5.36. The van der Waals surface area contributed by atoms with E-state index in [4.69, 9.17) is 10.5 Å². The first kappa shape index (κ1) is 10.7. The highest BCUT2D eigenvalue weighted by Crippen LogP contribution is 2.20. The third kappa shape index (κ3) is 4.44. The summed E-state index contributed by atoms with van der Waals surface area (Å²) in [5, 5.41) is 0. The Bertz CT molecular complexity index is 165. The second-order valence-corrected chi connectivity index (χ2v) is 3.68. The van der Waals surface area contributed by atoms with Crippen molar-refractivity contribution in [1.82, 2.24) is 0 Å². The van der Waals surface area contributed by atoms with Gasteiger partial charge in [-0.25, -0.2) is 0 Å². The van der Waals surface area contributed by atoms with Crippen LogP contribution in [0.3, 0.4) is 0 Å². The van der Waals surface area contributed by atoms with Gasteiger partial charge in [0, 0.05) is 19.3 Å². The van der Waals surface area contributed by atoms with Gasteiger partial charge in [-0.3, -0.25) is 0 Å². The van der Waals surface area contributed by atoms with E-state index in [0.29, 0.717) is 6.04 Å². The second kappa shape index (κ2) is 6.17. The Hall–Kier alpha value is -0.340. The zero-order valence-corrected chi connectivity index (χ0v) is 8.59. The van der Waals surface area contributed by atoms with Gasteiger partial charge in [0.25, 0.3) is 0 Å². The molecule has 0 saturated heterocycles. The molecule has 0 radical (unpaired) electrons. The molecule has 2 nitrogen and oxygen atoms in total. The lowest BCUT2D eigenvalue weighted by Crippen LogP contribution is -2.20. The molecule has 0 aromatic heterocycles. The SMILES string of the molecule is CCOCCCC1=CC(N)CCC1. The van der Waals surface area contributed by atoms with Gasteiger partial charge in [0.15, 0.2) is 0 Å². The Balaban J connectivity index is 2.13. The Morgan fingerprint density at radius 2 is 2.46 bits per heavy atom. The first-order valence-electron chi connectivity index (χ1n) is 5.36. The molecule has 0 aromatic rings. The number of allylic oxidation sites excluding steroid dienone is 1. The summed E-state index contributed by atoms with van der Waals surface area (Å²) in [7, 11) is 0. The van der Waals surface area contributed by atoms with Crippen LogP contribution in [0.4, 0.5) is 0 Å². The Labute approximate surface area is 81.1 Å². The van der Waals surface area contributed by atoms with Crippen LogP contribution in [0.2, 0.25) is 0 Å². The number of rotatable bonds is 5. The molecule has 1 unspecified atom stereocenters. The summed E-state index contributed by atoms with van der Waals surface area (Å²) in [5.74, 6) is 0. The molecule has 0 aromatic carbocycles. The van der Waals surface area contributed by atoms with E-state index in [9.17, 15) is 0 Å². The van der Waals surface area contributed by atoms with Crippen LogP contribution in [0.15, 0.2) is 11.6 Å². The molecule has 0 bridgehead atoms. The normalized spacial score (nSPS) is 22.9. The van der Waals surface area contributed by atoms with E-state index >= 15 is 0 Å². The summed E-state index contributed by atoms with van der Waals surface area (Å²) < 4.78 is 5.29. The van der Waals surface area contributed by atoms with Gasteiger partial charge < -0.3 is 10.5 Å². The molecular weight excluding hydrogens is 162 g/mol. The van der Waals surface area contributed by atoms with Crippen LogP contribution in [0.1, 0.15) is 39.0 Å². The van der Waals surface area contributed by atoms with Gasteiger partial charge in [-0.15, -0.1) is 0 Å². The predicted molar refractivity (Wildman–Crippen MR) is 55.6 cm³/mol. The van der Waals surface area contributed by atoms with E-state index in [1.165, 1.54) is 19.3 Å². The minimum absolute atomic E-state index is 0.316. The van der Waals surface area contributed by atoms with Crippen LogP contribution in [0, 0.1) is 0 Å². The molecule has 0 heterocycles. The van der Waals surface area contributed by atoms with Gasteiger partial charge in [0.1, 0.15) is 0 Å². The molecule has 0 amide bonds. The van der Waals surface area contributed by atoms with Crippen molar-refractivity contribution in [2.45, 2.75) is 45.1 Å². The van der Waals surface area contributed by atoms with Crippen LogP contribution in [0.5, 0.6) is 0 Å². The summed E-state index contributed by atoms with van der Waals surface area (Å²) in [6, 6.07) is 0.316. The summed E-state index contributed by atoms with van der Waals surface area (Å²) >= 11 is 0. The molecule has 13 heavy (non-hydrogen) atoms. The van der Waals surface area contributed by atoms with Crippen molar-refractivity contribution >= 4 is 0 Å². The first-order chi connectivity index (χ1) is 6.33. The van der Waals surface area contributed by atoms with E-state index in [-0.39, 0.29) is 0 Å². The zero-order valence-electron chi connectivity index (χ0n) is 8.59. The molecule has 2 heteroatoms. The fourth-order valence-corrected chi connectivity index (χ4v) is 1.79. The molecule has 0 spiro atoms. The molecular formula is C11H21NO. The van der Waals surface area contributed by atoms with Crippen molar-refractivity contribution in [2.75, 3.05) is 13.2 Å². The molecule has 0 aliphatic heterocycles. The summed E-state index contributed by atoms with van der Waals surface area (Å²) in [6.07, 6.45) is 8.24. The highest BCUT2D eigenvalue weighted by Gasteiger charge is 2.08. The molecule has 0 fully saturated rings. The van der Waals surface area contributed by atoms with Gasteiger partial charge in [0.05, 0.1) is 0 Å². The molecule has 76 valence electrons. The van der Waals surface area contributed by atoms with Crippen molar-refractivity contribution in [2.24, 2.45) is 5.73 Å². The quantitative estimate of drug-likeness (QED) is 0.524. The topological polar surface area (TPSA) is 35.2 Å². The van der Waals surface area contributed by atoms with Gasteiger partial charge in [-0.1, -0.05) is 11.6 Å². The standard InChI is InChI=1S/C11H21NO/c1-2-13-8-4-6-10-5-3-7-11(12)9-10/h9,11H,2-8,12H2,1H3. The minimum Gasteiger partial charge on any atom is -0.382 e. The molecule has 1 aliphatic carbocycles. The van der Waals surface area contributed by atoms with E-state index in [0.717, 1.165) is 26.1 Å². The number of nitrogens with two attached hydrogens (primary N) is 1. The van der Waals surface area contributed by atoms with Gasteiger partial charge in [0.2, 0.25) is 0 Å². The van der Waals surface area contributed by atoms with Crippen LogP contribution in [-0.2, 0) is 4.74 Å². The third-order valence-electron chi connectivity index (χ3n) is 2.48. The summed E-state index contributed by atoms with van der Waals surface area (Å²) in [5.41, 5.74) is 7.39. The monoisotopic (exact) mass is 183 g/mol. The van der Waals surface area contributed by atoms with E-state index in [2.05, 4.69) is 6.08 Å².